The van der Waals surface area contributed by atoms with Crippen LogP contribution in [-0.2, 0) is 28.2 Å². The number of fused-ring (bicyclic) bond motifs is 1. The molecule has 1 N–H and O–H groups in total. The van der Waals surface area contributed by atoms with Gasteiger partial charge in [0.25, 0.3) is 0 Å². The number of nitrogens with one attached hydrogen (secondary N) is 1. The molecule has 1 aromatic carbocycles. The maximum atomic E-state index is 12.4. The fourth-order valence-corrected chi connectivity index (χ4v) is 5.46. The van der Waals surface area contributed by atoms with Crippen LogP contribution in [-0.4, -0.2) is 40.4 Å². The molecule has 3 heterocycles. The predicted octanol–water partition coefficient (Wildman–Crippen LogP) is 1.99. The SMILES string of the molecule is Cc1ncc(CNC(=O)[C@@H]2CCS(=O)(=O)C2)c(-c2cn(C)c3ccccc23)n1. The second kappa shape index (κ2) is 7.01. The number of nitrogens with zero attached hydrogens (tertiary/aromatic N) is 3. The molecule has 0 spiro atoms. The summed E-state index contributed by atoms with van der Waals surface area (Å²) in [6, 6.07) is 8.08. The van der Waals surface area contributed by atoms with Gasteiger partial charge in [0.1, 0.15) is 5.82 Å². The maximum Gasteiger partial charge on any atom is 0.224 e. The third-order valence-electron chi connectivity index (χ3n) is 5.19. The van der Waals surface area contributed by atoms with Gasteiger partial charge in [-0.05, 0) is 19.4 Å². The van der Waals surface area contributed by atoms with Crippen LogP contribution >= 0.6 is 0 Å². The molecular weight excluding hydrogens is 376 g/mol. The van der Waals surface area contributed by atoms with Crippen LogP contribution in [0.1, 0.15) is 17.8 Å². The number of para-hydroxylation sites is 1. The molecule has 4 rings (SSSR count). The van der Waals surface area contributed by atoms with Crippen LogP contribution in [0.2, 0.25) is 0 Å². The highest BCUT2D eigenvalue weighted by molar-refractivity contribution is 7.91. The van der Waals surface area contributed by atoms with Gasteiger partial charge in [0.2, 0.25) is 5.91 Å². The normalized spacial score (nSPS) is 18.4. The lowest BCUT2D eigenvalue weighted by Gasteiger charge is -2.12. The van der Waals surface area contributed by atoms with Gasteiger partial charge in [0.15, 0.2) is 9.84 Å². The van der Waals surface area contributed by atoms with Gasteiger partial charge in [-0.25, -0.2) is 18.4 Å². The number of aromatic nitrogens is 3. The largest absolute Gasteiger partial charge is 0.352 e. The van der Waals surface area contributed by atoms with E-state index in [4.69, 9.17) is 0 Å². The summed E-state index contributed by atoms with van der Waals surface area (Å²) in [4.78, 5) is 21.3. The highest BCUT2D eigenvalue weighted by Gasteiger charge is 2.32. The molecule has 1 aliphatic heterocycles. The Kier molecular flexibility index (Phi) is 4.66. The van der Waals surface area contributed by atoms with Crippen molar-refractivity contribution in [3.05, 3.63) is 48.0 Å². The number of hydrogen-bond acceptors (Lipinski definition) is 5. The van der Waals surface area contributed by atoms with E-state index in [0.717, 1.165) is 27.7 Å². The minimum atomic E-state index is -3.09. The van der Waals surface area contributed by atoms with Crippen LogP contribution in [0.5, 0.6) is 0 Å². The summed E-state index contributed by atoms with van der Waals surface area (Å²) in [5.41, 5.74) is 3.66. The summed E-state index contributed by atoms with van der Waals surface area (Å²) < 4.78 is 25.3. The monoisotopic (exact) mass is 398 g/mol. The lowest BCUT2D eigenvalue weighted by Crippen LogP contribution is -2.31. The van der Waals surface area contributed by atoms with E-state index in [9.17, 15) is 13.2 Å². The fourth-order valence-electron chi connectivity index (χ4n) is 3.72. The molecule has 0 radical (unpaired) electrons. The lowest BCUT2D eigenvalue weighted by molar-refractivity contribution is -0.124. The van der Waals surface area contributed by atoms with Crippen molar-refractivity contribution in [2.24, 2.45) is 13.0 Å². The summed E-state index contributed by atoms with van der Waals surface area (Å²) in [5.74, 6) is -0.0397. The molecule has 3 aromatic rings. The van der Waals surface area contributed by atoms with E-state index in [1.807, 2.05) is 42.9 Å². The van der Waals surface area contributed by atoms with Gasteiger partial charge in [-0.15, -0.1) is 0 Å². The smallest absolute Gasteiger partial charge is 0.224 e. The minimum Gasteiger partial charge on any atom is -0.352 e. The Hall–Kier alpha value is -2.74. The van der Waals surface area contributed by atoms with E-state index < -0.39 is 15.8 Å². The highest BCUT2D eigenvalue weighted by atomic mass is 32.2. The average molecular weight is 398 g/mol. The zero-order valence-electron chi connectivity index (χ0n) is 15.8. The van der Waals surface area contributed by atoms with Crippen LogP contribution in [0.25, 0.3) is 22.2 Å². The first kappa shape index (κ1) is 18.6. The minimum absolute atomic E-state index is 0.0700. The molecule has 8 heteroatoms. The average Bonchev–Trinajstić information content (AvgIpc) is 3.20. The highest BCUT2D eigenvalue weighted by Crippen LogP contribution is 2.31. The second-order valence-corrected chi connectivity index (χ2v) is 9.51. The second-order valence-electron chi connectivity index (χ2n) is 7.28. The Morgan fingerprint density at radius 3 is 2.86 bits per heavy atom. The maximum absolute atomic E-state index is 12.4. The van der Waals surface area contributed by atoms with Gasteiger partial charge in [0, 0.05) is 48.0 Å². The van der Waals surface area contributed by atoms with Crippen molar-refractivity contribution in [3.63, 3.8) is 0 Å². The molecule has 2 aromatic heterocycles. The molecule has 146 valence electrons. The van der Waals surface area contributed by atoms with Crippen molar-refractivity contribution >= 4 is 26.6 Å². The number of carbonyl (C=O) groups excluding carboxylic acids is 1. The van der Waals surface area contributed by atoms with Crippen LogP contribution in [0.15, 0.2) is 36.7 Å². The molecule has 1 amide bonds. The van der Waals surface area contributed by atoms with Crippen molar-refractivity contribution in [3.8, 4) is 11.3 Å². The molecule has 0 unspecified atom stereocenters. The lowest BCUT2D eigenvalue weighted by atomic mass is 10.1. The number of amides is 1. The Labute approximate surface area is 163 Å². The van der Waals surface area contributed by atoms with Crippen molar-refractivity contribution in [2.45, 2.75) is 19.9 Å². The number of carbonyl (C=O) groups is 1. The van der Waals surface area contributed by atoms with Gasteiger partial charge in [0.05, 0.1) is 23.1 Å². The van der Waals surface area contributed by atoms with Gasteiger partial charge in [-0.1, -0.05) is 18.2 Å². The fraction of sp³-hybridized carbons (Fsp3) is 0.350. The van der Waals surface area contributed by atoms with Crippen molar-refractivity contribution in [2.75, 3.05) is 11.5 Å². The first-order valence-corrected chi connectivity index (χ1v) is 11.0. The Bertz CT molecular complexity index is 1170. The van der Waals surface area contributed by atoms with E-state index >= 15 is 0 Å². The predicted molar refractivity (Wildman–Crippen MR) is 107 cm³/mol. The first-order valence-electron chi connectivity index (χ1n) is 9.19. The molecule has 1 atom stereocenters. The third-order valence-corrected chi connectivity index (χ3v) is 6.96. The molecule has 7 nitrogen and oxygen atoms in total. The van der Waals surface area contributed by atoms with Gasteiger partial charge in [-0.2, -0.15) is 0 Å². The standard InChI is InChI=1S/C20H22N4O3S/c1-13-21-9-15(10-22-20(25)14-7-8-28(26,27)12-14)19(23-13)17-11-24(2)18-6-4-3-5-16(17)18/h3-6,9,11,14H,7-8,10,12H2,1-2H3,(H,22,25)/t14-/m1/s1. The van der Waals surface area contributed by atoms with E-state index in [-0.39, 0.29) is 24.0 Å². The Morgan fingerprint density at radius 1 is 1.32 bits per heavy atom. The van der Waals surface area contributed by atoms with E-state index in [1.54, 1.807) is 6.20 Å². The Balaban J connectivity index is 1.63. The molecule has 1 saturated heterocycles. The third kappa shape index (κ3) is 3.52. The quantitative estimate of drug-likeness (QED) is 0.725. The molecule has 1 fully saturated rings. The van der Waals surface area contributed by atoms with Crippen LogP contribution in [0.4, 0.5) is 0 Å². The summed E-state index contributed by atoms with van der Waals surface area (Å²) in [6.07, 6.45) is 4.14. The zero-order chi connectivity index (χ0) is 19.9. The van der Waals surface area contributed by atoms with E-state index in [1.165, 1.54) is 0 Å². The van der Waals surface area contributed by atoms with Crippen molar-refractivity contribution in [1.82, 2.24) is 19.9 Å². The topological polar surface area (TPSA) is 94.0 Å². The molecule has 28 heavy (non-hydrogen) atoms. The summed E-state index contributed by atoms with van der Waals surface area (Å²) >= 11 is 0. The number of hydrogen-bond donors (Lipinski definition) is 1. The first-order chi connectivity index (χ1) is 13.3. The molecule has 0 aliphatic carbocycles. The molecular formula is C20H22N4O3S. The number of aryl methyl sites for hydroxylation is 2. The molecule has 1 aliphatic rings. The number of rotatable bonds is 4. The summed E-state index contributed by atoms with van der Waals surface area (Å²) in [5, 5.41) is 3.95. The number of sulfone groups is 1. The van der Waals surface area contributed by atoms with Crippen LogP contribution < -0.4 is 5.32 Å². The molecule has 0 saturated carbocycles. The number of benzene rings is 1. The Morgan fingerprint density at radius 2 is 2.11 bits per heavy atom. The van der Waals surface area contributed by atoms with Gasteiger partial charge >= 0.3 is 0 Å². The zero-order valence-corrected chi connectivity index (χ0v) is 16.7. The summed E-state index contributed by atoms with van der Waals surface area (Å²) in [6.45, 7) is 2.09. The summed E-state index contributed by atoms with van der Waals surface area (Å²) in [7, 11) is -1.10. The van der Waals surface area contributed by atoms with Crippen LogP contribution in [0.3, 0.4) is 0 Å². The van der Waals surface area contributed by atoms with E-state index in [2.05, 4.69) is 21.4 Å². The van der Waals surface area contributed by atoms with Crippen molar-refractivity contribution in [1.29, 1.82) is 0 Å². The van der Waals surface area contributed by atoms with Gasteiger partial charge in [-0.3, -0.25) is 4.79 Å². The van der Waals surface area contributed by atoms with E-state index in [0.29, 0.717) is 12.2 Å². The molecule has 0 bridgehead atoms. The van der Waals surface area contributed by atoms with Crippen molar-refractivity contribution < 1.29 is 13.2 Å². The van der Waals surface area contributed by atoms with Gasteiger partial charge < -0.3 is 9.88 Å². The van der Waals surface area contributed by atoms with Crippen LogP contribution in [0, 0.1) is 12.8 Å².